The van der Waals surface area contributed by atoms with Crippen LogP contribution in [0.1, 0.15) is 32.1 Å². The largest absolute Gasteiger partial charge is 0.340 e. The molecule has 4 nitrogen and oxygen atoms in total. The van der Waals surface area contributed by atoms with Gasteiger partial charge in [-0.3, -0.25) is 4.79 Å². The van der Waals surface area contributed by atoms with E-state index in [1.54, 1.807) is 0 Å². The summed E-state index contributed by atoms with van der Waals surface area (Å²) in [4.78, 5) is 14.0. The number of hydrogen-bond acceptors (Lipinski definition) is 3. The van der Waals surface area contributed by atoms with Gasteiger partial charge in [0.1, 0.15) is 0 Å². The van der Waals surface area contributed by atoms with Crippen molar-refractivity contribution >= 4 is 5.91 Å². The fraction of sp³-hybridized carbons (Fsp3) is 0.909. The molecule has 2 heterocycles. The van der Waals surface area contributed by atoms with E-state index < -0.39 is 0 Å². The Labute approximate surface area is 91.2 Å². The van der Waals surface area contributed by atoms with Crippen LogP contribution in [0.15, 0.2) is 0 Å². The first-order chi connectivity index (χ1) is 7.27. The number of likely N-dealkylation sites (tertiary alicyclic amines) is 1. The minimum absolute atomic E-state index is 0.0593. The maximum atomic E-state index is 12.1. The summed E-state index contributed by atoms with van der Waals surface area (Å²) in [5.74, 6) is 0.268. The summed E-state index contributed by atoms with van der Waals surface area (Å²) in [6, 6.07) is 0.246. The van der Waals surface area contributed by atoms with Crippen LogP contribution in [0.2, 0.25) is 0 Å². The smallest absolute Gasteiger partial charge is 0.239 e. The standard InChI is InChI=1S/C11H21N3O/c12-9-4-3-7-14(8-9)11(15)10-5-1-2-6-13-10/h9-10,13H,1-8,12H2/t9?,10-/m1/s1. The third kappa shape index (κ3) is 2.69. The summed E-state index contributed by atoms with van der Waals surface area (Å²) in [6.45, 7) is 2.62. The molecule has 0 aromatic carbocycles. The lowest BCUT2D eigenvalue weighted by Gasteiger charge is -2.34. The molecule has 2 saturated heterocycles. The molecule has 0 aromatic rings. The molecule has 0 aliphatic carbocycles. The highest BCUT2D eigenvalue weighted by Crippen LogP contribution is 2.14. The second-order valence-electron chi connectivity index (χ2n) is 4.69. The van der Waals surface area contributed by atoms with E-state index in [2.05, 4.69) is 5.32 Å². The molecule has 2 aliphatic rings. The van der Waals surface area contributed by atoms with Crippen LogP contribution in [-0.4, -0.2) is 42.5 Å². The lowest BCUT2D eigenvalue weighted by atomic mass is 10.0. The molecule has 1 unspecified atom stereocenters. The van der Waals surface area contributed by atoms with Crippen LogP contribution < -0.4 is 11.1 Å². The fourth-order valence-corrected chi connectivity index (χ4v) is 2.49. The number of carbonyl (C=O) groups excluding carboxylic acids is 1. The van der Waals surface area contributed by atoms with Crippen molar-refractivity contribution in [3.63, 3.8) is 0 Å². The van der Waals surface area contributed by atoms with Gasteiger partial charge in [-0.25, -0.2) is 0 Å². The third-order valence-corrected chi connectivity index (χ3v) is 3.38. The van der Waals surface area contributed by atoms with Crippen molar-refractivity contribution in [2.24, 2.45) is 5.73 Å². The van der Waals surface area contributed by atoms with Crippen LogP contribution in [0.5, 0.6) is 0 Å². The van der Waals surface area contributed by atoms with Crippen LogP contribution >= 0.6 is 0 Å². The summed E-state index contributed by atoms with van der Waals surface area (Å²) in [7, 11) is 0. The molecular weight excluding hydrogens is 190 g/mol. The molecule has 2 fully saturated rings. The minimum Gasteiger partial charge on any atom is -0.340 e. The zero-order valence-electron chi connectivity index (χ0n) is 9.24. The van der Waals surface area contributed by atoms with E-state index in [4.69, 9.17) is 5.73 Å². The van der Waals surface area contributed by atoms with E-state index in [-0.39, 0.29) is 18.0 Å². The molecular formula is C11H21N3O. The van der Waals surface area contributed by atoms with Gasteiger partial charge < -0.3 is 16.0 Å². The summed E-state index contributed by atoms with van der Waals surface area (Å²) in [5, 5.41) is 3.30. The van der Waals surface area contributed by atoms with Gasteiger partial charge in [0.25, 0.3) is 0 Å². The number of rotatable bonds is 1. The molecule has 2 rings (SSSR count). The zero-order valence-corrected chi connectivity index (χ0v) is 9.24. The van der Waals surface area contributed by atoms with Gasteiger partial charge in [0.15, 0.2) is 0 Å². The van der Waals surface area contributed by atoms with E-state index in [1.165, 1.54) is 12.8 Å². The van der Waals surface area contributed by atoms with Gasteiger partial charge in [-0.2, -0.15) is 0 Å². The Morgan fingerprint density at radius 2 is 2.13 bits per heavy atom. The van der Waals surface area contributed by atoms with Gasteiger partial charge in [-0.1, -0.05) is 6.42 Å². The number of piperidine rings is 2. The summed E-state index contributed by atoms with van der Waals surface area (Å²) < 4.78 is 0. The Balaban J connectivity index is 1.88. The molecule has 2 atom stereocenters. The second-order valence-corrected chi connectivity index (χ2v) is 4.69. The van der Waals surface area contributed by atoms with Crippen LogP contribution in [0, 0.1) is 0 Å². The molecule has 0 radical (unpaired) electrons. The molecule has 0 aromatic heterocycles. The van der Waals surface area contributed by atoms with Gasteiger partial charge in [0, 0.05) is 19.1 Å². The second kappa shape index (κ2) is 4.94. The minimum atomic E-state index is 0.0593. The predicted octanol–water partition coefficient (Wildman–Crippen LogP) is 0.0782. The summed E-state index contributed by atoms with van der Waals surface area (Å²) in [5.41, 5.74) is 5.88. The van der Waals surface area contributed by atoms with Crippen molar-refractivity contribution in [1.82, 2.24) is 10.2 Å². The Morgan fingerprint density at radius 3 is 2.80 bits per heavy atom. The maximum Gasteiger partial charge on any atom is 0.239 e. The van der Waals surface area contributed by atoms with E-state index in [0.29, 0.717) is 0 Å². The molecule has 0 bridgehead atoms. The highest BCUT2D eigenvalue weighted by molar-refractivity contribution is 5.82. The van der Waals surface area contributed by atoms with E-state index in [0.717, 1.165) is 38.9 Å². The van der Waals surface area contributed by atoms with Crippen LogP contribution in [0.3, 0.4) is 0 Å². The molecule has 0 spiro atoms. The molecule has 1 amide bonds. The first kappa shape index (κ1) is 10.9. The molecule has 0 saturated carbocycles. The topological polar surface area (TPSA) is 58.4 Å². The van der Waals surface area contributed by atoms with E-state index in [9.17, 15) is 4.79 Å². The van der Waals surface area contributed by atoms with Crippen molar-refractivity contribution in [3.05, 3.63) is 0 Å². The van der Waals surface area contributed by atoms with Crippen LogP contribution in [0.4, 0.5) is 0 Å². The Morgan fingerprint density at radius 1 is 1.27 bits per heavy atom. The van der Waals surface area contributed by atoms with Crippen molar-refractivity contribution in [2.45, 2.75) is 44.2 Å². The molecule has 15 heavy (non-hydrogen) atoms. The highest BCUT2D eigenvalue weighted by Gasteiger charge is 2.28. The first-order valence-corrected chi connectivity index (χ1v) is 6.05. The Bertz CT molecular complexity index is 226. The van der Waals surface area contributed by atoms with Gasteiger partial charge >= 0.3 is 0 Å². The van der Waals surface area contributed by atoms with Crippen molar-refractivity contribution in [2.75, 3.05) is 19.6 Å². The van der Waals surface area contributed by atoms with Gasteiger partial charge in [-0.15, -0.1) is 0 Å². The van der Waals surface area contributed by atoms with Crippen LogP contribution in [-0.2, 0) is 4.79 Å². The molecule has 4 heteroatoms. The maximum absolute atomic E-state index is 12.1. The number of nitrogens with one attached hydrogen (secondary N) is 1. The molecule has 3 N–H and O–H groups in total. The lowest BCUT2D eigenvalue weighted by Crippen LogP contribution is -2.53. The van der Waals surface area contributed by atoms with Gasteiger partial charge in [0.05, 0.1) is 6.04 Å². The van der Waals surface area contributed by atoms with E-state index in [1.807, 2.05) is 4.90 Å². The highest BCUT2D eigenvalue weighted by atomic mass is 16.2. The van der Waals surface area contributed by atoms with Gasteiger partial charge in [-0.05, 0) is 32.2 Å². The van der Waals surface area contributed by atoms with E-state index >= 15 is 0 Å². The number of amides is 1. The predicted molar refractivity (Wildman–Crippen MR) is 59.4 cm³/mol. The van der Waals surface area contributed by atoms with Gasteiger partial charge in [0.2, 0.25) is 5.91 Å². The normalized spacial score (nSPS) is 32.7. The number of nitrogens with two attached hydrogens (primary N) is 1. The molecule has 2 aliphatic heterocycles. The average Bonchev–Trinajstić information content (AvgIpc) is 2.29. The van der Waals surface area contributed by atoms with Crippen LogP contribution in [0.25, 0.3) is 0 Å². The average molecular weight is 211 g/mol. The molecule has 86 valence electrons. The Kier molecular flexibility index (Phi) is 3.59. The zero-order chi connectivity index (χ0) is 10.7. The Hall–Kier alpha value is -0.610. The van der Waals surface area contributed by atoms with Crippen molar-refractivity contribution in [1.29, 1.82) is 0 Å². The quantitative estimate of drug-likeness (QED) is 0.645. The first-order valence-electron chi connectivity index (χ1n) is 6.05. The summed E-state index contributed by atoms with van der Waals surface area (Å²) in [6.07, 6.45) is 5.47. The fourth-order valence-electron chi connectivity index (χ4n) is 2.49. The lowest BCUT2D eigenvalue weighted by molar-refractivity contribution is -0.135. The third-order valence-electron chi connectivity index (χ3n) is 3.38. The summed E-state index contributed by atoms with van der Waals surface area (Å²) >= 11 is 0. The number of carbonyl (C=O) groups is 1. The van der Waals surface area contributed by atoms with Crippen molar-refractivity contribution < 1.29 is 4.79 Å². The number of hydrogen-bond donors (Lipinski definition) is 2. The SMILES string of the molecule is NC1CCCN(C(=O)[C@H]2CCCCN2)C1. The number of nitrogens with zero attached hydrogens (tertiary/aromatic N) is 1. The van der Waals surface area contributed by atoms with Crippen molar-refractivity contribution in [3.8, 4) is 0 Å². The monoisotopic (exact) mass is 211 g/mol.